The molecule has 2 heteroatoms. The molecule has 0 atom stereocenters. The maximum absolute atomic E-state index is 8.81. The highest BCUT2D eigenvalue weighted by Gasteiger charge is 2.21. The minimum Gasteiger partial charge on any atom is -0.304 e. The fourth-order valence-electron chi connectivity index (χ4n) is 2.46. The normalized spacial score (nSPS) is 16.1. The zero-order valence-electron chi connectivity index (χ0n) is 12.2. The lowest BCUT2D eigenvalue weighted by Gasteiger charge is -2.29. The van der Waals surface area contributed by atoms with E-state index in [1.165, 1.54) is 58.5 Å². The maximum atomic E-state index is 8.81. The van der Waals surface area contributed by atoms with Crippen LogP contribution in [0, 0.1) is 5.92 Å². The summed E-state index contributed by atoms with van der Waals surface area (Å²) in [5.41, 5.74) is 0. The highest BCUT2D eigenvalue weighted by molar-refractivity contribution is 5.44. The minimum atomic E-state index is 0.750. The van der Waals surface area contributed by atoms with Crippen molar-refractivity contribution in [1.82, 2.24) is 4.90 Å². The molecule has 0 amide bonds. The fraction of sp³-hybridized carbons (Fsp3) is 0.933. The highest BCUT2D eigenvalue weighted by Crippen LogP contribution is 2.24. The van der Waals surface area contributed by atoms with Crippen molar-refractivity contribution in [3.63, 3.8) is 0 Å². The van der Waals surface area contributed by atoms with Crippen LogP contribution in [0.5, 0.6) is 0 Å². The van der Waals surface area contributed by atoms with Gasteiger partial charge in [-0.05, 0) is 51.6 Å². The van der Waals surface area contributed by atoms with Crippen LogP contribution in [0.25, 0.3) is 0 Å². The van der Waals surface area contributed by atoms with Gasteiger partial charge in [0.1, 0.15) is 6.29 Å². The average Bonchev–Trinajstić information content (AvgIpc) is 2.78. The molecular formula is C15H31NO. The van der Waals surface area contributed by atoms with E-state index in [1.54, 1.807) is 0 Å². The Morgan fingerprint density at radius 1 is 1.24 bits per heavy atom. The molecule has 17 heavy (non-hydrogen) atoms. The van der Waals surface area contributed by atoms with E-state index >= 15 is 0 Å². The molecule has 0 aromatic heterocycles. The highest BCUT2D eigenvalue weighted by atomic mass is 16.1. The van der Waals surface area contributed by atoms with E-state index < -0.39 is 0 Å². The summed E-state index contributed by atoms with van der Waals surface area (Å²) >= 11 is 0. The number of aldehydes is 1. The molecule has 0 aromatic rings. The van der Waals surface area contributed by atoms with E-state index in [1.807, 2.05) is 0 Å². The predicted octanol–water partition coefficient (Wildman–Crippen LogP) is 3.89. The molecule has 1 fully saturated rings. The van der Waals surface area contributed by atoms with Crippen LogP contribution < -0.4 is 0 Å². The molecule has 0 unspecified atom stereocenters. The third-order valence-corrected chi connectivity index (χ3v) is 3.35. The fourth-order valence-corrected chi connectivity index (χ4v) is 2.46. The lowest BCUT2D eigenvalue weighted by atomic mass is 10.1. The van der Waals surface area contributed by atoms with E-state index in [2.05, 4.69) is 25.7 Å². The standard InChI is InChI=1S/C13H27N.C2H4O/c1-4-10-14(11-9-12(2)3)13-7-5-6-8-13;1-2-3/h12-13H,4-11H2,1-3H3;2H,1H3. The monoisotopic (exact) mass is 241 g/mol. The molecule has 0 saturated heterocycles. The van der Waals surface area contributed by atoms with Gasteiger partial charge in [0.05, 0.1) is 0 Å². The van der Waals surface area contributed by atoms with Crippen molar-refractivity contribution >= 4 is 6.29 Å². The molecule has 0 aromatic carbocycles. The van der Waals surface area contributed by atoms with Gasteiger partial charge in [0.15, 0.2) is 0 Å². The molecular weight excluding hydrogens is 210 g/mol. The number of hydrogen-bond donors (Lipinski definition) is 0. The van der Waals surface area contributed by atoms with E-state index in [4.69, 9.17) is 4.79 Å². The summed E-state index contributed by atoms with van der Waals surface area (Å²) in [5.74, 6) is 0.857. The summed E-state index contributed by atoms with van der Waals surface area (Å²) in [6.45, 7) is 11.1. The Labute approximate surface area is 108 Å². The molecule has 1 aliphatic carbocycles. The molecule has 0 aliphatic heterocycles. The lowest BCUT2D eigenvalue weighted by Crippen LogP contribution is -2.35. The van der Waals surface area contributed by atoms with Gasteiger partial charge in [-0.2, -0.15) is 0 Å². The van der Waals surface area contributed by atoms with Crippen LogP contribution in [0.15, 0.2) is 0 Å². The van der Waals surface area contributed by atoms with Gasteiger partial charge < -0.3 is 9.69 Å². The summed E-state index contributed by atoms with van der Waals surface area (Å²) in [4.78, 5) is 11.5. The Bertz CT molecular complexity index is 174. The first-order valence-electron chi connectivity index (χ1n) is 7.29. The van der Waals surface area contributed by atoms with E-state index in [9.17, 15) is 0 Å². The van der Waals surface area contributed by atoms with Crippen LogP contribution >= 0.6 is 0 Å². The molecule has 1 aliphatic rings. The average molecular weight is 241 g/mol. The number of rotatable bonds is 6. The molecule has 1 rings (SSSR count). The SMILES string of the molecule is CC=O.CCCN(CCC(C)C)C1CCCC1. The third-order valence-electron chi connectivity index (χ3n) is 3.35. The van der Waals surface area contributed by atoms with Gasteiger partial charge in [0, 0.05) is 6.04 Å². The summed E-state index contributed by atoms with van der Waals surface area (Å²) < 4.78 is 0. The third kappa shape index (κ3) is 8.37. The topological polar surface area (TPSA) is 20.3 Å². The van der Waals surface area contributed by atoms with Gasteiger partial charge >= 0.3 is 0 Å². The van der Waals surface area contributed by atoms with E-state index in [-0.39, 0.29) is 0 Å². The Kier molecular flexibility index (Phi) is 10.5. The number of carbonyl (C=O) groups is 1. The van der Waals surface area contributed by atoms with Crippen LogP contribution in [-0.4, -0.2) is 30.3 Å². The van der Waals surface area contributed by atoms with Crippen molar-refractivity contribution in [1.29, 1.82) is 0 Å². The first-order valence-corrected chi connectivity index (χ1v) is 7.29. The quantitative estimate of drug-likeness (QED) is 0.657. The summed E-state index contributed by atoms with van der Waals surface area (Å²) in [5, 5.41) is 0. The summed E-state index contributed by atoms with van der Waals surface area (Å²) in [6, 6.07) is 0.925. The first-order chi connectivity index (χ1) is 8.15. The smallest absolute Gasteiger partial charge is 0.116 e. The number of carbonyl (C=O) groups excluding carboxylic acids is 1. The van der Waals surface area contributed by atoms with Crippen molar-refractivity contribution in [3.05, 3.63) is 0 Å². The van der Waals surface area contributed by atoms with Crippen LogP contribution in [0.4, 0.5) is 0 Å². The van der Waals surface area contributed by atoms with Crippen LogP contribution in [0.3, 0.4) is 0 Å². The second-order valence-electron chi connectivity index (χ2n) is 5.39. The molecule has 0 heterocycles. The van der Waals surface area contributed by atoms with Gasteiger partial charge in [0.25, 0.3) is 0 Å². The second kappa shape index (κ2) is 10.8. The van der Waals surface area contributed by atoms with Crippen LogP contribution in [0.1, 0.15) is 66.2 Å². The molecule has 0 radical (unpaired) electrons. The molecule has 0 N–H and O–H groups in total. The Morgan fingerprint density at radius 3 is 2.18 bits per heavy atom. The Hall–Kier alpha value is -0.370. The van der Waals surface area contributed by atoms with Gasteiger partial charge in [-0.15, -0.1) is 0 Å². The van der Waals surface area contributed by atoms with E-state index in [0.29, 0.717) is 0 Å². The van der Waals surface area contributed by atoms with Crippen molar-refractivity contribution < 1.29 is 4.79 Å². The minimum absolute atomic E-state index is 0.750. The van der Waals surface area contributed by atoms with Gasteiger partial charge in [-0.1, -0.05) is 33.6 Å². The summed E-state index contributed by atoms with van der Waals surface area (Å²) in [7, 11) is 0. The van der Waals surface area contributed by atoms with Crippen molar-refractivity contribution in [2.24, 2.45) is 5.92 Å². The molecule has 102 valence electrons. The second-order valence-corrected chi connectivity index (χ2v) is 5.39. The van der Waals surface area contributed by atoms with Gasteiger partial charge in [0.2, 0.25) is 0 Å². The number of nitrogens with zero attached hydrogens (tertiary/aromatic N) is 1. The van der Waals surface area contributed by atoms with Crippen molar-refractivity contribution in [2.75, 3.05) is 13.1 Å². The van der Waals surface area contributed by atoms with Crippen molar-refractivity contribution in [2.45, 2.75) is 72.3 Å². The molecule has 0 bridgehead atoms. The Morgan fingerprint density at radius 2 is 1.76 bits per heavy atom. The lowest BCUT2D eigenvalue weighted by molar-refractivity contribution is -0.106. The predicted molar refractivity (Wildman–Crippen MR) is 75.3 cm³/mol. The van der Waals surface area contributed by atoms with Crippen LogP contribution in [-0.2, 0) is 4.79 Å². The van der Waals surface area contributed by atoms with Gasteiger partial charge in [-0.25, -0.2) is 0 Å². The molecule has 2 nitrogen and oxygen atoms in total. The molecule has 0 spiro atoms. The zero-order valence-corrected chi connectivity index (χ0v) is 12.2. The summed E-state index contributed by atoms with van der Waals surface area (Å²) in [6.07, 6.45) is 9.28. The van der Waals surface area contributed by atoms with Crippen LogP contribution in [0.2, 0.25) is 0 Å². The van der Waals surface area contributed by atoms with E-state index in [0.717, 1.165) is 18.2 Å². The van der Waals surface area contributed by atoms with Gasteiger partial charge in [-0.3, -0.25) is 0 Å². The Balaban J connectivity index is 0.000000770. The molecule has 1 saturated carbocycles. The van der Waals surface area contributed by atoms with Crippen molar-refractivity contribution in [3.8, 4) is 0 Å². The first kappa shape index (κ1) is 16.6. The zero-order chi connectivity index (χ0) is 13.1. The largest absolute Gasteiger partial charge is 0.304 e. The maximum Gasteiger partial charge on any atom is 0.116 e. The number of hydrogen-bond acceptors (Lipinski definition) is 2.